The van der Waals surface area contributed by atoms with Gasteiger partial charge in [-0.25, -0.2) is 4.79 Å². The minimum atomic E-state index is -0.636. The molecule has 3 aromatic rings. The van der Waals surface area contributed by atoms with E-state index in [1.54, 1.807) is 43.3 Å². The zero-order valence-corrected chi connectivity index (χ0v) is 18.9. The van der Waals surface area contributed by atoms with Gasteiger partial charge < -0.3 is 18.9 Å². The van der Waals surface area contributed by atoms with Crippen LogP contribution in [0.1, 0.15) is 44.3 Å². The quantitative estimate of drug-likeness (QED) is 0.288. The van der Waals surface area contributed by atoms with Gasteiger partial charge in [-0.05, 0) is 54.8 Å². The molecule has 168 valence electrons. The van der Waals surface area contributed by atoms with Crippen LogP contribution in [-0.4, -0.2) is 26.0 Å². The summed E-state index contributed by atoms with van der Waals surface area (Å²) in [7, 11) is 2.94. The predicted molar refractivity (Wildman–Crippen MR) is 124 cm³/mol. The van der Waals surface area contributed by atoms with Crippen molar-refractivity contribution in [2.24, 2.45) is 0 Å². The van der Waals surface area contributed by atoms with E-state index in [4.69, 9.17) is 18.9 Å². The fraction of sp³-hybridized carbons (Fsp3) is 0.185. The van der Waals surface area contributed by atoms with E-state index in [9.17, 15) is 9.59 Å². The van der Waals surface area contributed by atoms with E-state index in [-0.39, 0.29) is 22.9 Å². The molecule has 0 fully saturated rings. The lowest BCUT2D eigenvalue weighted by molar-refractivity contribution is 0.0726. The molecule has 33 heavy (non-hydrogen) atoms. The number of ketones is 1. The third-order valence-electron chi connectivity index (χ3n) is 5.56. The number of benzene rings is 3. The van der Waals surface area contributed by atoms with Crippen molar-refractivity contribution >= 4 is 17.8 Å². The number of carbonyl (C=O) groups is 2. The molecule has 0 radical (unpaired) electrons. The molecule has 1 heterocycles. The number of carbonyl (C=O) groups excluding carboxylic acids is 2. The summed E-state index contributed by atoms with van der Waals surface area (Å²) < 4.78 is 22.1. The molecule has 0 N–H and O–H groups in total. The SMILES string of the molecule is CCc1ccc(/C=C2\Oc3c(ccc(OC(=O)c4c(OC)cccc4OC)c3C)C2=O)cc1. The van der Waals surface area contributed by atoms with Crippen molar-refractivity contribution in [1.82, 2.24) is 0 Å². The highest BCUT2D eigenvalue weighted by Gasteiger charge is 2.31. The summed E-state index contributed by atoms with van der Waals surface area (Å²) in [5, 5.41) is 0. The fourth-order valence-electron chi connectivity index (χ4n) is 3.68. The number of allylic oxidation sites excluding steroid dienone is 1. The van der Waals surface area contributed by atoms with E-state index in [1.165, 1.54) is 19.8 Å². The molecule has 0 atom stereocenters. The van der Waals surface area contributed by atoms with Crippen LogP contribution in [0.5, 0.6) is 23.0 Å². The number of esters is 1. The maximum absolute atomic E-state index is 12.9. The Morgan fingerprint density at radius 1 is 0.939 bits per heavy atom. The molecule has 0 aliphatic carbocycles. The molecule has 3 aromatic carbocycles. The molecule has 6 nitrogen and oxygen atoms in total. The average Bonchev–Trinajstić information content (AvgIpc) is 3.16. The largest absolute Gasteiger partial charge is 0.496 e. The van der Waals surface area contributed by atoms with Gasteiger partial charge in [-0.1, -0.05) is 37.3 Å². The maximum Gasteiger partial charge on any atom is 0.351 e. The molecule has 0 spiro atoms. The smallest absolute Gasteiger partial charge is 0.351 e. The summed E-state index contributed by atoms with van der Waals surface area (Å²) in [5.41, 5.74) is 3.24. The van der Waals surface area contributed by atoms with Gasteiger partial charge in [0.15, 0.2) is 5.76 Å². The van der Waals surface area contributed by atoms with Gasteiger partial charge in [-0.15, -0.1) is 0 Å². The van der Waals surface area contributed by atoms with Gasteiger partial charge in [0.05, 0.1) is 19.8 Å². The van der Waals surface area contributed by atoms with E-state index in [2.05, 4.69) is 6.92 Å². The molecule has 0 saturated heterocycles. The molecular formula is C27H24O6. The Bertz CT molecular complexity index is 1230. The van der Waals surface area contributed by atoms with Crippen LogP contribution in [0.25, 0.3) is 6.08 Å². The first kappa shape index (κ1) is 22.1. The molecule has 0 aromatic heterocycles. The van der Waals surface area contributed by atoms with Gasteiger partial charge in [0.1, 0.15) is 28.6 Å². The van der Waals surface area contributed by atoms with Gasteiger partial charge in [0, 0.05) is 5.56 Å². The van der Waals surface area contributed by atoms with E-state index < -0.39 is 5.97 Å². The zero-order chi connectivity index (χ0) is 23.5. The normalized spacial score (nSPS) is 13.5. The van der Waals surface area contributed by atoms with Gasteiger partial charge >= 0.3 is 5.97 Å². The minimum absolute atomic E-state index is 0.176. The van der Waals surface area contributed by atoms with Crippen LogP contribution in [0, 0.1) is 6.92 Å². The van der Waals surface area contributed by atoms with Crippen molar-refractivity contribution in [3.05, 3.63) is 88.2 Å². The molecule has 0 unspecified atom stereocenters. The summed E-state index contributed by atoms with van der Waals surface area (Å²) in [5.74, 6) is 0.724. The lowest BCUT2D eigenvalue weighted by Crippen LogP contribution is -2.12. The topological polar surface area (TPSA) is 71.1 Å². The first-order valence-electron chi connectivity index (χ1n) is 10.6. The first-order chi connectivity index (χ1) is 16.0. The van der Waals surface area contributed by atoms with Crippen LogP contribution in [0.2, 0.25) is 0 Å². The number of rotatable bonds is 6. The van der Waals surface area contributed by atoms with E-state index in [0.717, 1.165) is 12.0 Å². The summed E-state index contributed by atoms with van der Waals surface area (Å²) in [6.45, 7) is 3.83. The number of methoxy groups -OCH3 is 2. The highest BCUT2D eigenvalue weighted by molar-refractivity contribution is 6.15. The van der Waals surface area contributed by atoms with Crippen LogP contribution in [-0.2, 0) is 6.42 Å². The Kier molecular flexibility index (Phi) is 6.18. The molecule has 0 bridgehead atoms. The third kappa shape index (κ3) is 4.20. The standard InChI is InChI=1S/C27H24O6/c1-5-17-9-11-18(12-10-17)15-23-25(28)19-13-14-20(16(2)26(19)32-23)33-27(29)24-21(30-3)7-6-8-22(24)31-4/h6-15H,5H2,1-4H3/b23-15-. The molecule has 4 rings (SSSR count). The van der Waals surface area contributed by atoms with Crippen LogP contribution < -0.4 is 18.9 Å². The summed E-state index contributed by atoms with van der Waals surface area (Å²) in [6, 6.07) is 16.2. The van der Waals surface area contributed by atoms with Crippen LogP contribution >= 0.6 is 0 Å². The number of Topliss-reactive ketones (excluding diaryl/α,β-unsaturated/α-hetero) is 1. The molecule has 0 saturated carbocycles. The Balaban J connectivity index is 1.62. The van der Waals surface area contributed by atoms with Gasteiger partial charge in [-0.2, -0.15) is 0 Å². The molecule has 1 aliphatic heterocycles. The molecule has 6 heteroatoms. The second kappa shape index (κ2) is 9.20. The lowest BCUT2D eigenvalue weighted by atomic mass is 10.0. The van der Waals surface area contributed by atoms with Crippen LogP contribution in [0.3, 0.4) is 0 Å². The lowest BCUT2D eigenvalue weighted by Gasteiger charge is -2.14. The molecular weight excluding hydrogens is 420 g/mol. The van der Waals surface area contributed by atoms with E-state index >= 15 is 0 Å². The number of hydrogen-bond acceptors (Lipinski definition) is 6. The number of ether oxygens (including phenoxy) is 4. The second-order valence-corrected chi connectivity index (χ2v) is 7.53. The van der Waals surface area contributed by atoms with Crippen LogP contribution in [0.15, 0.2) is 60.4 Å². The van der Waals surface area contributed by atoms with Crippen molar-refractivity contribution in [1.29, 1.82) is 0 Å². The van der Waals surface area contributed by atoms with Crippen molar-refractivity contribution in [3.8, 4) is 23.0 Å². The second-order valence-electron chi connectivity index (χ2n) is 7.53. The highest BCUT2D eigenvalue weighted by Crippen LogP contribution is 2.40. The van der Waals surface area contributed by atoms with E-state index in [1.807, 2.05) is 24.3 Å². The number of fused-ring (bicyclic) bond motifs is 1. The number of aryl methyl sites for hydroxylation is 1. The van der Waals surface area contributed by atoms with Crippen molar-refractivity contribution in [2.45, 2.75) is 20.3 Å². The Hall–Kier alpha value is -4.06. The Morgan fingerprint density at radius 2 is 1.61 bits per heavy atom. The minimum Gasteiger partial charge on any atom is -0.496 e. The summed E-state index contributed by atoms with van der Waals surface area (Å²) in [4.78, 5) is 25.8. The van der Waals surface area contributed by atoms with Crippen LogP contribution in [0.4, 0.5) is 0 Å². The maximum atomic E-state index is 12.9. The Labute approximate surface area is 192 Å². The zero-order valence-electron chi connectivity index (χ0n) is 18.9. The van der Waals surface area contributed by atoms with E-state index in [0.29, 0.717) is 28.4 Å². The Morgan fingerprint density at radius 3 is 2.21 bits per heavy atom. The monoisotopic (exact) mass is 444 g/mol. The average molecular weight is 444 g/mol. The molecule has 1 aliphatic rings. The van der Waals surface area contributed by atoms with Gasteiger partial charge in [0.25, 0.3) is 0 Å². The first-order valence-corrected chi connectivity index (χ1v) is 10.6. The number of hydrogen-bond donors (Lipinski definition) is 0. The van der Waals surface area contributed by atoms with Gasteiger partial charge in [0.2, 0.25) is 5.78 Å². The summed E-state index contributed by atoms with van der Waals surface area (Å²) in [6.07, 6.45) is 2.66. The van der Waals surface area contributed by atoms with Gasteiger partial charge in [-0.3, -0.25) is 4.79 Å². The predicted octanol–water partition coefficient (Wildman–Crippen LogP) is 5.41. The fourth-order valence-corrected chi connectivity index (χ4v) is 3.68. The highest BCUT2D eigenvalue weighted by atomic mass is 16.5. The summed E-state index contributed by atoms with van der Waals surface area (Å²) >= 11 is 0. The molecule has 0 amide bonds. The van der Waals surface area contributed by atoms with Crippen molar-refractivity contribution in [3.63, 3.8) is 0 Å². The van der Waals surface area contributed by atoms with Crippen molar-refractivity contribution in [2.75, 3.05) is 14.2 Å². The third-order valence-corrected chi connectivity index (χ3v) is 5.56. The van der Waals surface area contributed by atoms with Crippen molar-refractivity contribution < 1.29 is 28.5 Å².